The highest BCUT2D eigenvalue weighted by molar-refractivity contribution is 5.58. The second-order valence-electron chi connectivity index (χ2n) is 3.23. The summed E-state index contributed by atoms with van der Waals surface area (Å²) >= 11 is 0. The lowest BCUT2D eigenvalue weighted by Crippen LogP contribution is -1.96. The first-order chi connectivity index (χ1) is 6.81. The van der Waals surface area contributed by atoms with Crippen LogP contribution in [-0.4, -0.2) is 18.5 Å². The number of nitrogen functional groups attached to an aromatic ring is 1. The van der Waals surface area contributed by atoms with Gasteiger partial charge in [0.2, 0.25) is 6.79 Å². The smallest absolute Gasteiger partial charge is 0.231 e. The fourth-order valence-corrected chi connectivity index (χ4v) is 1.49. The average Bonchev–Trinajstić information content (AvgIpc) is 2.61. The maximum atomic E-state index is 8.72. The van der Waals surface area contributed by atoms with E-state index in [4.69, 9.17) is 20.3 Å². The molecule has 1 aliphatic rings. The molecule has 4 heteroatoms. The van der Waals surface area contributed by atoms with Crippen LogP contribution in [0, 0.1) is 0 Å². The fraction of sp³-hybridized carbons (Fsp3) is 0.400. The Labute approximate surface area is 82.2 Å². The molecule has 76 valence electrons. The molecule has 0 saturated carbocycles. The molecule has 14 heavy (non-hydrogen) atoms. The summed E-state index contributed by atoms with van der Waals surface area (Å²) in [6.45, 7) is 0.437. The molecule has 0 radical (unpaired) electrons. The van der Waals surface area contributed by atoms with Crippen molar-refractivity contribution in [3.8, 4) is 11.5 Å². The van der Waals surface area contributed by atoms with E-state index in [2.05, 4.69) is 0 Å². The van der Waals surface area contributed by atoms with Gasteiger partial charge in [0.15, 0.2) is 11.5 Å². The summed E-state index contributed by atoms with van der Waals surface area (Å²) in [5.74, 6) is 1.45. The van der Waals surface area contributed by atoms with Crippen LogP contribution in [-0.2, 0) is 6.42 Å². The van der Waals surface area contributed by atoms with Crippen molar-refractivity contribution in [2.75, 3.05) is 19.1 Å². The van der Waals surface area contributed by atoms with Crippen LogP contribution >= 0.6 is 0 Å². The molecule has 1 aliphatic heterocycles. The number of aliphatic hydroxyl groups is 1. The fourth-order valence-electron chi connectivity index (χ4n) is 1.49. The van der Waals surface area contributed by atoms with Gasteiger partial charge in [0.05, 0.1) is 0 Å². The highest BCUT2D eigenvalue weighted by Gasteiger charge is 2.15. The van der Waals surface area contributed by atoms with Crippen LogP contribution in [0.1, 0.15) is 12.0 Å². The number of aryl methyl sites for hydroxylation is 1. The van der Waals surface area contributed by atoms with E-state index in [9.17, 15) is 0 Å². The second kappa shape index (κ2) is 3.75. The molecule has 3 N–H and O–H groups in total. The van der Waals surface area contributed by atoms with Crippen molar-refractivity contribution >= 4 is 5.69 Å². The van der Waals surface area contributed by atoms with E-state index in [0.29, 0.717) is 17.9 Å². The molecule has 1 heterocycles. The zero-order valence-electron chi connectivity index (χ0n) is 7.82. The predicted octanol–water partition coefficient (Wildman–Crippen LogP) is 0.922. The van der Waals surface area contributed by atoms with Gasteiger partial charge in [-0.1, -0.05) is 0 Å². The maximum absolute atomic E-state index is 8.72. The number of hydrogen-bond acceptors (Lipinski definition) is 4. The van der Waals surface area contributed by atoms with Crippen molar-refractivity contribution in [1.29, 1.82) is 0 Å². The highest BCUT2D eigenvalue weighted by atomic mass is 16.7. The van der Waals surface area contributed by atoms with Crippen LogP contribution in [0.5, 0.6) is 11.5 Å². The molecule has 0 saturated heterocycles. The molecule has 0 atom stereocenters. The summed E-state index contributed by atoms with van der Waals surface area (Å²) in [7, 11) is 0. The number of benzene rings is 1. The monoisotopic (exact) mass is 195 g/mol. The molecule has 4 nitrogen and oxygen atoms in total. The Morgan fingerprint density at radius 3 is 2.71 bits per heavy atom. The van der Waals surface area contributed by atoms with Crippen LogP contribution in [0.15, 0.2) is 12.1 Å². The molecule has 0 bridgehead atoms. The van der Waals surface area contributed by atoms with Gasteiger partial charge in [0, 0.05) is 18.4 Å². The first-order valence-electron chi connectivity index (χ1n) is 4.60. The molecule has 0 amide bonds. The lowest BCUT2D eigenvalue weighted by Gasteiger charge is -2.05. The molecule has 0 unspecified atom stereocenters. The van der Waals surface area contributed by atoms with E-state index < -0.39 is 0 Å². The molecule has 0 spiro atoms. The summed E-state index contributed by atoms with van der Waals surface area (Å²) in [5.41, 5.74) is 7.52. The van der Waals surface area contributed by atoms with Gasteiger partial charge >= 0.3 is 0 Å². The minimum atomic E-state index is 0.174. The Morgan fingerprint density at radius 1 is 1.29 bits per heavy atom. The normalized spacial score (nSPS) is 13.2. The summed E-state index contributed by atoms with van der Waals surface area (Å²) in [4.78, 5) is 0. The third-order valence-corrected chi connectivity index (χ3v) is 2.24. The van der Waals surface area contributed by atoms with Gasteiger partial charge < -0.3 is 20.3 Å². The number of fused-ring (bicyclic) bond motifs is 1. The van der Waals surface area contributed by atoms with Crippen LogP contribution in [0.2, 0.25) is 0 Å². The summed E-state index contributed by atoms with van der Waals surface area (Å²) in [6.07, 6.45) is 1.48. The maximum Gasteiger partial charge on any atom is 0.231 e. The van der Waals surface area contributed by atoms with E-state index in [0.717, 1.165) is 17.7 Å². The number of hydrogen-bond donors (Lipinski definition) is 2. The van der Waals surface area contributed by atoms with Crippen LogP contribution in [0.25, 0.3) is 0 Å². The van der Waals surface area contributed by atoms with Crippen LogP contribution < -0.4 is 15.2 Å². The van der Waals surface area contributed by atoms with Crippen molar-refractivity contribution < 1.29 is 14.6 Å². The molecule has 0 fully saturated rings. The van der Waals surface area contributed by atoms with Gasteiger partial charge in [-0.15, -0.1) is 0 Å². The molecule has 2 rings (SSSR count). The Balaban J connectivity index is 2.23. The van der Waals surface area contributed by atoms with Crippen molar-refractivity contribution in [2.24, 2.45) is 0 Å². The first-order valence-corrected chi connectivity index (χ1v) is 4.60. The second-order valence-corrected chi connectivity index (χ2v) is 3.23. The molecule has 1 aromatic rings. The van der Waals surface area contributed by atoms with Gasteiger partial charge in [-0.05, 0) is 24.5 Å². The molecule has 0 aliphatic carbocycles. The Kier molecular flexibility index (Phi) is 2.45. The van der Waals surface area contributed by atoms with Crippen LogP contribution in [0.3, 0.4) is 0 Å². The van der Waals surface area contributed by atoms with E-state index in [-0.39, 0.29) is 13.4 Å². The predicted molar refractivity (Wildman–Crippen MR) is 52.4 cm³/mol. The SMILES string of the molecule is Nc1cc2c(cc1CCCO)OCO2. The topological polar surface area (TPSA) is 64.7 Å². The van der Waals surface area contributed by atoms with Gasteiger partial charge in [-0.3, -0.25) is 0 Å². The minimum Gasteiger partial charge on any atom is -0.454 e. The Hall–Kier alpha value is -1.42. The number of nitrogens with two attached hydrogens (primary N) is 1. The number of rotatable bonds is 3. The third kappa shape index (κ3) is 1.61. The van der Waals surface area contributed by atoms with Gasteiger partial charge in [0.1, 0.15) is 0 Å². The zero-order valence-corrected chi connectivity index (χ0v) is 7.82. The molecule has 1 aromatic carbocycles. The van der Waals surface area contributed by atoms with Gasteiger partial charge in [-0.25, -0.2) is 0 Å². The summed E-state index contributed by atoms with van der Waals surface area (Å²) < 4.78 is 10.4. The number of ether oxygens (including phenoxy) is 2. The van der Waals surface area contributed by atoms with Crippen molar-refractivity contribution in [2.45, 2.75) is 12.8 Å². The quantitative estimate of drug-likeness (QED) is 0.704. The van der Waals surface area contributed by atoms with E-state index in [1.54, 1.807) is 6.07 Å². The molecular formula is C10H13NO3. The Morgan fingerprint density at radius 2 is 2.00 bits per heavy atom. The molecular weight excluding hydrogens is 182 g/mol. The standard InChI is InChI=1S/C10H13NO3/c11-8-5-10-9(13-6-14-10)4-7(8)2-1-3-12/h4-5,12H,1-3,6,11H2. The highest BCUT2D eigenvalue weighted by Crippen LogP contribution is 2.36. The van der Waals surface area contributed by atoms with Crippen molar-refractivity contribution in [3.63, 3.8) is 0 Å². The number of aliphatic hydroxyl groups excluding tert-OH is 1. The summed E-state index contributed by atoms with van der Waals surface area (Å²) in [5, 5.41) is 8.72. The first kappa shape index (κ1) is 9.15. The lowest BCUT2D eigenvalue weighted by molar-refractivity contribution is 0.174. The third-order valence-electron chi connectivity index (χ3n) is 2.24. The van der Waals surface area contributed by atoms with Crippen molar-refractivity contribution in [1.82, 2.24) is 0 Å². The molecule has 0 aromatic heterocycles. The van der Waals surface area contributed by atoms with Gasteiger partial charge in [-0.2, -0.15) is 0 Å². The Bertz CT molecular complexity index is 338. The minimum absolute atomic E-state index is 0.174. The zero-order chi connectivity index (χ0) is 9.97. The van der Waals surface area contributed by atoms with Gasteiger partial charge in [0.25, 0.3) is 0 Å². The largest absolute Gasteiger partial charge is 0.454 e. The van der Waals surface area contributed by atoms with Crippen molar-refractivity contribution in [3.05, 3.63) is 17.7 Å². The van der Waals surface area contributed by atoms with E-state index >= 15 is 0 Å². The van der Waals surface area contributed by atoms with E-state index in [1.165, 1.54) is 0 Å². The van der Waals surface area contributed by atoms with E-state index in [1.807, 2.05) is 6.07 Å². The van der Waals surface area contributed by atoms with Crippen LogP contribution in [0.4, 0.5) is 5.69 Å². The average molecular weight is 195 g/mol. The number of anilines is 1. The summed E-state index contributed by atoms with van der Waals surface area (Å²) in [6, 6.07) is 3.66. The lowest BCUT2D eigenvalue weighted by atomic mass is 10.1.